The molecule has 0 atom stereocenters. The van der Waals surface area contributed by atoms with E-state index in [2.05, 4.69) is 5.32 Å². The summed E-state index contributed by atoms with van der Waals surface area (Å²) in [5.41, 5.74) is 2.55. The smallest absolute Gasteiger partial charge is 0.243 e. The number of rotatable bonds is 12. The molecule has 7 heteroatoms. The van der Waals surface area contributed by atoms with Gasteiger partial charge in [0, 0.05) is 19.7 Å². The normalized spacial score (nSPS) is 11.8. The summed E-state index contributed by atoms with van der Waals surface area (Å²) < 4.78 is 33.6. The third-order valence-electron chi connectivity index (χ3n) is 4.87. The highest BCUT2D eigenvalue weighted by Gasteiger charge is 2.28. The van der Waals surface area contributed by atoms with E-state index in [-0.39, 0.29) is 30.0 Å². The Labute approximate surface area is 186 Å². The molecule has 1 amide bonds. The molecule has 0 fully saturated rings. The lowest BCUT2D eigenvalue weighted by atomic mass is 10.1. The zero-order valence-corrected chi connectivity index (χ0v) is 19.7. The molecule has 0 aromatic heterocycles. The second-order valence-electron chi connectivity index (χ2n) is 7.97. The van der Waals surface area contributed by atoms with E-state index >= 15 is 0 Å². The number of benzene rings is 2. The highest BCUT2D eigenvalue weighted by molar-refractivity contribution is 7.89. The summed E-state index contributed by atoms with van der Waals surface area (Å²) in [6.45, 7) is 8.56. The number of carbonyl (C=O) groups excluding carboxylic acids is 1. The lowest BCUT2D eigenvalue weighted by molar-refractivity contribution is -0.121. The molecule has 2 aromatic rings. The van der Waals surface area contributed by atoms with Crippen LogP contribution in [-0.4, -0.2) is 51.0 Å². The number of carbonyl (C=O) groups is 1. The van der Waals surface area contributed by atoms with Gasteiger partial charge in [0.15, 0.2) is 0 Å². The first-order valence-corrected chi connectivity index (χ1v) is 12.1. The molecule has 0 spiro atoms. The standard InChI is InChI=1S/C24H34N2O4S/c1-19(2)30-16-8-14-25-24(27)18-26(15-13-22-9-6-5-7-10-22)31(28,29)23-17-20(3)11-12-21(23)4/h5-7,9-12,17,19H,8,13-16,18H2,1-4H3,(H,25,27). The largest absolute Gasteiger partial charge is 0.379 e. The van der Waals surface area contributed by atoms with Crippen LogP contribution in [0.1, 0.15) is 37.0 Å². The molecule has 31 heavy (non-hydrogen) atoms. The third-order valence-corrected chi connectivity index (χ3v) is 6.86. The lowest BCUT2D eigenvalue weighted by Gasteiger charge is -2.23. The van der Waals surface area contributed by atoms with Gasteiger partial charge in [-0.2, -0.15) is 4.31 Å². The third kappa shape index (κ3) is 8.09. The van der Waals surface area contributed by atoms with Crippen molar-refractivity contribution >= 4 is 15.9 Å². The number of sulfonamides is 1. The molecule has 0 saturated heterocycles. The molecule has 0 aliphatic rings. The molecular weight excluding hydrogens is 412 g/mol. The van der Waals surface area contributed by atoms with Crippen LogP contribution in [0.5, 0.6) is 0 Å². The monoisotopic (exact) mass is 446 g/mol. The van der Waals surface area contributed by atoms with Gasteiger partial charge in [0.25, 0.3) is 0 Å². The van der Waals surface area contributed by atoms with Crippen molar-refractivity contribution in [2.24, 2.45) is 0 Å². The minimum atomic E-state index is -3.82. The van der Waals surface area contributed by atoms with Crippen molar-refractivity contribution in [1.29, 1.82) is 0 Å². The average Bonchev–Trinajstić information content (AvgIpc) is 2.72. The summed E-state index contributed by atoms with van der Waals surface area (Å²) in [6, 6.07) is 15.0. The van der Waals surface area contributed by atoms with Crippen LogP contribution in [0.25, 0.3) is 0 Å². The number of aryl methyl sites for hydroxylation is 2. The first-order valence-electron chi connectivity index (χ1n) is 10.7. The van der Waals surface area contributed by atoms with Crippen molar-refractivity contribution in [1.82, 2.24) is 9.62 Å². The first kappa shape index (κ1) is 25.0. The Morgan fingerprint density at radius 1 is 1.10 bits per heavy atom. The van der Waals surface area contributed by atoms with Crippen molar-refractivity contribution in [3.05, 3.63) is 65.2 Å². The van der Waals surface area contributed by atoms with Crippen molar-refractivity contribution < 1.29 is 17.9 Å². The van der Waals surface area contributed by atoms with E-state index in [0.717, 1.165) is 11.1 Å². The second-order valence-corrected chi connectivity index (χ2v) is 9.87. The number of ether oxygens (including phenoxy) is 1. The van der Waals surface area contributed by atoms with Crippen molar-refractivity contribution in [3.8, 4) is 0 Å². The summed E-state index contributed by atoms with van der Waals surface area (Å²) in [6.07, 6.45) is 1.35. The number of hydrogen-bond donors (Lipinski definition) is 1. The van der Waals surface area contributed by atoms with Crippen LogP contribution in [0.4, 0.5) is 0 Å². The Morgan fingerprint density at radius 3 is 2.48 bits per heavy atom. The van der Waals surface area contributed by atoms with Gasteiger partial charge in [-0.3, -0.25) is 4.79 Å². The summed E-state index contributed by atoms with van der Waals surface area (Å²) in [7, 11) is -3.82. The number of hydrogen-bond acceptors (Lipinski definition) is 4. The Bertz CT molecular complexity index is 943. The van der Waals surface area contributed by atoms with E-state index in [4.69, 9.17) is 4.74 Å². The van der Waals surface area contributed by atoms with Crippen LogP contribution in [0, 0.1) is 13.8 Å². The van der Waals surface area contributed by atoms with Gasteiger partial charge in [0.05, 0.1) is 17.5 Å². The number of nitrogens with one attached hydrogen (secondary N) is 1. The van der Waals surface area contributed by atoms with Crippen LogP contribution in [0.15, 0.2) is 53.4 Å². The molecule has 2 rings (SSSR count). The molecule has 0 heterocycles. The SMILES string of the molecule is Cc1ccc(C)c(S(=O)(=O)N(CCc2ccccc2)CC(=O)NCCCOC(C)C)c1. The van der Waals surface area contributed by atoms with E-state index < -0.39 is 10.0 Å². The fraction of sp³-hybridized carbons (Fsp3) is 0.458. The molecule has 0 aliphatic carbocycles. The second kappa shape index (κ2) is 12.0. The van der Waals surface area contributed by atoms with Crippen LogP contribution >= 0.6 is 0 Å². The summed E-state index contributed by atoms with van der Waals surface area (Å²) >= 11 is 0. The van der Waals surface area contributed by atoms with Crippen LogP contribution < -0.4 is 5.32 Å². The Kier molecular flexibility index (Phi) is 9.68. The molecule has 0 radical (unpaired) electrons. The maximum absolute atomic E-state index is 13.4. The molecule has 170 valence electrons. The van der Waals surface area contributed by atoms with Crippen LogP contribution in [-0.2, 0) is 26.0 Å². The summed E-state index contributed by atoms with van der Waals surface area (Å²) in [5, 5.41) is 2.81. The van der Waals surface area contributed by atoms with E-state index in [1.165, 1.54) is 4.31 Å². The van der Waals surface area contributed by atoms with Crippen LogP contribution in [0.3, 0.4) is 0 Å². The van der Waals surface area contributed by atoms with Gasteiger partial charge in [0.1, 0.15) is 0 Å². The van der Waals surface area contributed by atoms with E-state index in [9.17, 15) is 13.2 Å². The summed E-state index contributed by atoms with van der Waals surface area (Å²) in [4.78, 5) is 12.8. The topological polar surface area (TPSA) is 75.7 Å². The maximum Gasteiger partial charge on any atom is 0.243 e. The molecule has 0 saturated carbocycles. The molecule has 0 bridgehead atoms. The van der Waals surface area contributed by atoms with Gasteiger partial charge in [-0.15, -0.1) is 0 Å². The van der Waals surface area contributed by atoms with Gasteiger partial charge in [-0.05, 0) is 63.3 Å². The minimum absolute atomic E-state index is 0.145. The Balaban J connectivity index is 2.12. The molecular formula is C24H34N2O4S. The minimum Gasteiger partial charge on any atom is -0.379 e. The molecule has 2 aromatic carbocycles. The first-order chi connectivity index (χ1) is 14.7. The van der Waals surface area contributed by atoms with Crippen molar-refractivity contribution in [3.63, 3.8) is 0 Å². The zero-order chi connectivity index (χ0) is 22.9. The molecule has 1 N–H and O–H groups in total. The molecule has 0 aliphatic heterocycles. The van der Waals surface area contributed by atoms with Gasteiger partial charge >= 0.3 is 0 Å². The highest BCUT2D eigenvalue weighted by atomic mass is 32.2. The van der Waals surface area contributed by atoms with E-state index in [1.54, 1.807) is 19.1 Å². The molecule has 0 unspecified atom stereocenters. The maximum atomic E-state index is 13.4. The van der Waals surface area contributed by atoms with E-state index in [1.807, 2.05) is 57.2 Å². The van der Waals surface area contributed by atoms with Gasteiger partial charge in [-0.1, -0.05) is 42.5 Å². The van der Waals surface area contributed by atoms with Crippen molar-refractivity contribution in [2.45, 2.75) is 51.5 Å². The zero-order valence-electron chi connectivity index (χ0n) is 18.9. The van der Waals surface area contributed by atoms with Gasteiger partial charge in [-0.25, -0.2) is 8.42 Å². The Morgan fingerprint density at radius 2 is 1.81 bits per heavy atom. The van der Waals surface area contributed by atoms with Crippen molar-refractivity contribution in [2.75, 3.05) is 26.2 Å². The van der Waals surface area contributed by atoms with Gasteiger partial charge in [0.2, 0.25) is 15.9 Å². The van der Waals surface area contributed by atoms with E-state index in [0.29, 0.717) is 31.6 Å². The molecule has 6 nitrogen and oxygen atoms in total. The fourth-order valence-electron chi connectivity index (χ4n) is 3.14. The number of amides is 1. The lowest BCUT2D eigenvalue weighted by Crippen LogP contribution is -2.42. The summed E-state index contributed by atoms with van der Waals surface area (Å²) in [5.74, 6) is -0.313. The van der Waals surface area contributed by atoms with Gasteiger partial charge < -0.3 is 10.1 Å². The average molecular weight is 447 g/mol. The van der Waals surface area contributed by atoms with Crippen LogP contribution in [0.2, 0.25) is 0 Å². The Hall–Kier alpha value is -2.22. The fourth-order valence-corrected chi connectivity index (χ4v) is 4.85. The quantitative estimate of drug-likeness (QED) is 0.507. The highest BCUT2D eigenvalue weighted by Crippen LogP contribution is 2.21. The number of nitrogens with zero attached hydrogens (tertiary/aromatic N) is 1. The predicted molar refractivity (Wildman–Crippen MR) is 124 cm³/mol. The predicted octanol–water partition coefficient (Wildman–Crippen LogP) is 3.47.